The van der Waals surface area contributed by atoms with Gasteiger partial charge in [-0.05, 0) is 0 Å². The number of ether oxygens (including phenoxy) is 4. The summed E-state index contributed by atoms with van der Waals surface area (Å²) >= 11 is 3.96. The largest absolute Gasteiger partial charge is 0.394 e. The third-order valence-electron chi connectivity index (χ3n) is 4.33. The van der Waals surface area contributed by atoms with E-state index >= 15 is 0 Å². The van der Waals surface area contributed by atoms with Crippen molar-refractivity contribution < 1.29 is 54.7 Å². The zero-order valence-corrected chi connectivity index (χ0v) is 14.7. The minimum Gasteiger partial charge on any atom is -0.394 e. The summed E-state index contributed by atoms with van der Waals surface area (Å²) in [6.45, 7) is -1.12. The molecule has 5 unspecified atom stereocenters. The van der Waals surface area contributed by atoms with E-state index in [4.69, 9.17) is 18.9 Å². The molecule has 2 rings (SSSR count). The van der Waals surface area contributed by atoms with Crippen molar-refractivity contribution >= 4 is 12.6 Å². The molecule has 0 aromatic rings. The van der Waals surface area contributed by atoms with E-state index in [-0.39, 0.29) is 6.61 Å². The van der Waals surface area contributed by atoms with Crippen LogP contribution in [-0.2, 0) is 18.9 Å². The Morgan fingerprint density at radius 1 is 0.731 bits per heavy atom. The number of hydrogen-bond donors (Lipinski definition) is 8. The molecule has 2 fully saturated rings. The molecule has 2 aliphatic heterocycles. The first kappa shape index (κ1) is 22.2. The van der Waals surface area contributed by atoms with Crippen molar-refractivity contribution in [2.75, 3.05) is 25.6 Å². The van der Waals surface area contributed by atoms with Crippen LogP contribution in [0, 0.1) is 0 Å². The lowest BCUT2D eigenvalue weighted by Gasteiger charge is -2.45. The molecular formula is C14H26O11S. The van der Waals surface area contributed by atoms with Gasteiger partial charge in [-0.15, -0.1) is 0 Å². The average molecular weight is 402 g/mol. The first-order chi connectivity index (χ1) is 12.3. The average Bonchev–Trinajstić information content (AvgIpc) is 2.64. The van der Waals surface area contributed by atoms with Crippen molar-refractivity contribution in [2.45, 2.75) is 61.4 Å². The first-order valence-corrected chi connectivity index (χ1v) is 8.79. The number of thiol groups is 1. The van der Waals surface area contributed by atoms with Crippen LogP contribution in [0.15, 0.2) is 0 Å². The van der Waals surface area contributed by atoms with E-state index in [1.54, 1.807) is 0 Å². The Hall–Kier alpha value is -0.0900. The molecular weight excluding hydrogens is 376 g/mol. The summed E-state index contributed by atoms with van der Waals surface area (Å²) in [4.78, 5) is 0. The highest BCUT2D eigenvalue weighted by Crippen LogP contribution is 2.29. The molecule has 0 spiro atoms. The van der Waals surface area contributed by atoms with Crippen LogP contribution in [0.2, 0.25) is 0 Å². The van der Waals surface area contributed by atoms with Gasteiger partial charge in [-0.3, -0.25) is 0 Å². The fourth-order valence-electron chi connectivity index (χ4n) is 2.86. The summed E-state index contributed by atoms with van der Waals surface area (Å²) in [7, 11) is 0. The molecule has 0 aromatic carbocycles. The highest BCUT2D eigenvalue weighted by molar-refractivity contribution is 7.80. The minimum absolute atomic E-state index is 0.133. The van der Waals surface area contributed by atoms with Gasteiger partial charge in [-0.25, -0.2) is 0 Å². The number of aliphatic hydroxyl groups is 7. The van der Waals surface area contributed by atoms with Gasteiger partial charge in [0.15, 0.2) is 12.6 Å². The van der Waals surface area contributed by atoms with Gasteiger partial charge in [-0.2, -0.15) is 12.6 Å². The second kappa shape index (κ2) is 9.91. The Morgan fingerprint density at radius 3 is 1.88 bits per heavy atom. The minimum atomic E-state index is -1.70. The molecule has 0 amide bonds. The second-order valence-corrected chi connectivity index (χ2v) is 6.55. The molecule has 154 valence electrons. The van der Waals surface area contributed by atoms with Crippen molar-refractivity contribution in [1.29, 1.82) is 0 Å². The van der Waals surface area contributed by atoms with Crippen LogP contribution >= 0.6 is 12.6 Å². The zero-order valence-electron chi connectivity index (χ0n) is 13.8. The lowest BCUT2D eigenvalue weighted by Crippen LogP contribution is -2.64. The molecule has 2 heterocycles. The van der Waals surface area contributed by atoms with Gasteiger partial charge in [0.2, 0.25) is 0 Å². The molecule has 2 saturated heterocycles. The molecule has 0 aromatic heterocycles. The van der Waals surface area contributed by atoms with Gasteiger partial charge in [0.05, 0.1) is 19.8 Å². The molecule has 7 N–H and O–H groups in total. The van der Waals surface area contributed by atoms with Crippen LogP contribution < -0.4 is 0 Å². The molecule has 0 aliphatic carbocycles. The van der Waals surface area contributed by atoms with Crippen LogP contribution in [-0.4, -0.2) is 123 Å². The summed E-state index contributed by atoms with van der Waals surface area (Å²) < 4.78 is 21.2. The Bertz CT molecular complexity index is 426. The topological polar surface area (TPSA) is 179 Å². The summed E-state index contributed by atoms with van der Waals surface area (Å²) in [5.41, 5.74) is 0. The third-order valence-corrected chi connectivity index (χ3v) is 4.52. The quantitative estimate of drug-likeness (QED) is 0.193. The van der Waals surface area contributed by atoms with Gasteiger partial charge >= 0.3 is 0 Å². The number of rotatable bonds is 7. The number of aliphatic hydroxyl groups excluding tert-OH is 7. The highest BCUT2D eigenvalue weighted by atomic mass is 32.1. The zero-order chi connectivity index (χ0) is 19.4. The normalized spacial score (nSPS) is 47.1. The molecule has 12 heteroatoms. The van der Waals surface area contributed by atoms with Gasteiger partial charge in [-0.1, -0.05) is 0 Å². The maximum absolute atomic E-state index is 10.3. The fraction of sp³-hybridized carbons (Fsp3) is 1.00. The SMILES string of the molecule is OCC1O[C@@H](O[C@@H]2C(CO)O[C@@H](OCCS)C(O)C2O)[C@@H](O)C(O)[C@@H]1O. The Labute approximate surface area is 155 Å². The molecule has 0 saturated carbocycles. The fourth-order valence-corrected chi connectivity index (χ4v) is 2.97. The molecule has 11 nitrogen and oxygen atoms in total. The van der Waals surface area contributed by atoms with Crippen LogP contribution in [0.4, 0.5) is 0 Å². The van der Waals surface area contributed by atoms with E-state index in [0.29, 0.717) is 5.75 Å². The summed E-state index contributed by atoms with van der Waals surface area (Å²) in [5, 5.41) is 68.7. The van der Waals surface area contributed by atoms with Gasteiger partial charge < -0.3 is 54.7 Å². The van der Waals surface area contributed by atoms with Crippen molar-refractivity contribution in [3.8, 4) is 0 Å². The lowest BCUT2D eigenvalue weighted by molar-refractivity contribution is -0.359. The summed E-state index contributed by atoms with van der Waals surface area (Å²) in [6.07, 6.45) is -14.5. The molecule has 0 radical (unpaired) electrons. The lowest BCUT2D eigenvalue weighted by atomic mass is 9.97. The Morgan fingerprint density at radius 2 is 1.31 bits per heavy atom. The first-order valence-electron chi connectivity index (χ1n) is 8.16. The second-order valence-electron chi connectivity index (χ2n) is 6.10. The van der Waals surface area contributed by atoms with Crippen molar-refractivity contribution in [3.63, 3.8) is 0 Å². The van der Waals surface area contributed by atoms with Crippen LogP contribution in [0.5, 0.6) is 0 Å². The standard InChI is InChI=1S/C14H26O11S/c15-3-5-7(17)8(18)10(20)14(23-5)25-12-6(4-16)24-13(22-1-2-26)11(21)9(12)19/h5-21,26H,1-4H2/t5?,6?,7-,8?,9?,10+,11?,12-,13-,14+/m1/s1. The Kier molecular flexibility index (Phi) is 8.46. The molecule has 2 aliphatic rings. The summed E-state index contributed by atoms with van der Waals surface area (Å²) in [6, 6.07) is 0. The van der Waals surface area contributed by atoms with E-state index in [1.165, 1.54) is 0 Å². The van der Waals surface area contributed by atoms with E-state index < -0.39 is 74.6 Å². The third kappa shape index (κ3) is 4.66. The summed E-state index contributed by atoms with van der Waals surface area (Å²) in [5.74, 6) is 0.345. The van der Waals surface area contributed by atoms with E-state index in [9.17, 15) is 35.7 Å². The van der Waals surface area contributed by atoms with E-state index in [2.05, 4.69) is 12.6 Å². The van der Waals surface area contributed by atoms with E-state index in [0.717, 1.165) is 0 Å². The molecule has 26 heavy (non-hydrogen) atoms. The highest BCUT2D eigenvalue weighted by Gasteiger charge is 2.50. The van der Waals surface area contributed by atoms with Gasteiger partial charge in [0, 0.05) is 5.75 Å². The van der Waals surface area contributed by atoms with Crippen molar-refractivity contribution in [2.24, 2.45) is 0 Å². The van der Waals surface area contributed by atoms with Crippen LogP contribution in [0.25, 0.3) is 0 Å². The van der Waals surface area contributed by atoms with Gasteiger partial charge in [0.1, 0.15) is 48.8 Å². The maximum Gasteiger partial charge on any atom is 0.187 e. The molecule has 10 atom stereocenters. The Balaban J connectivity index is 2.09. The number of hydrogen-bond acceptors (Lipinski definition) is 12. The van der Waals surface area contributed by atoms with Gasteiger partial charge in [0.25, 0.3) is 0 Å². The van der Waals surface area contributed by atoms with Crippen molar-refractivity contribution in [3.05, 3.63) is 0 Å². The monoisotopic (exact) mass is 402 g/mol. The smallest absolute Gasteiger partial charge is 0.187 e. The predicted octanol–water partition coefficient (Wildman–Crippen LogP) is -4.44. The van der Waals surface area contributed by atoms with Crippen LogP contribution in [0.1, 0.15) is 0 Å². The predicted molar refractivity (Wildman–Crippen MR) is 86.2 cm³/mol. The van der Waals surface area contributed by atoms with Crippen molar-refractivity contribution in [1.82, 2.24) is 0 Å². The van der Waals surface area contributed by atoms with Crippen LogP contribution in [0.3, 0.4) is 0 Å². The van der Waals surface area contributed by atoms with E-state index in [1.807, 2.05) is 0 Å². The molecule has 0 bridgehead atoms. The maximum atomic E-state index is 10.3.